The normalized spacial score (nSPS) is 25.9. The van der Waals surface area contributed by atoms with E-state index in [-0.39, 0.29) is 0 Å². The minimum Gasteiger partial charge on any atom is -0.313 e. The van der Waals surface area contributed by atoms with Gasteiger partial charge >= 0.3 is 0 Å². The van der Waals surface area contributed by atoms with Crippen LogP contribution >= 0.6 is 0 Å². The third-order valence-electron chi connectivity index (χ3n) is 4.18. The second-order valence-electron chi connectivity index (χ2n) is 6.06. The first-order chi connectivity index (χ1) is 7.74. The zero-order valence-electron chi connectivity index (χ0n) is 11.0. The lowest BCUT2D eigenvalue weighted by atomic mass is 9.99. The standard InChI is InChI=1S/C14H28N2/c1-12-5-8-16(9-6-12)10-7-15-13(2)11-14-3-4-14/h12-15H,3-11H2,1-2H3. The van der Waals surface area contributed by atoms with Gasteiger partial charge in [0.1, 0.15) is 0 Å². The van der Waals surface area contributed by atoms with Crippen molar-refractivity contribution < 1.29 is 0 Å². The second kappa shape index (κ2) is 6.02. The van der Waals surface area contributed by atoms with Crippen molar-refractivity contribution in [3.63, 3.8) is 0 Å². The van der Waals surface area contributed by atoms with Gasteiger partial charge in [0.2, 0.25) is 0 Å². The van der Waals surface area contributed by atoms with Gasteiger partial charge in [0.05, 0.1) is 0 Å². The maximum absolute atomic E-state index is 3.67. The van der Waals surface area contributed by atoms with Gasteiger partial charge in [-0.2, -0.15) is 0 Å². The molecule has 0 radical (unpaired) electrons. The summed E-state index contributed by atoms with van der Waals surface area (Å²) < 4.78 is 0. The van der Waals surface area contributed by atoms with Gasteiger partial charge in [-0.3, -0.25) is 0 Å². The summed E-state index contributed by atoms with van der Waals surface area (Å²) in [6.45, 7) is 9.80. The molecule has 1 aliphatic carbocycles. The van der Waals surface area contributed by atoms with E-state index in [1.165, 1.54) is 58.3 Å². The van der Waals surface area contributed by atoms with Crippen LogP contribution in [0.3, 0.4) is 0 Å². The van der Waals surface area contributed by atoms with Gasteiger partial charge in [-0.1, -0.05) is 19.8 Å². The molecule has 1 saturated heterocycles. The number of piperidine rings is 1. The first-order valence-corrected chi connectivity index (χ1v) is 7.20. The van der Waals surface area contributed by atoms with Gasteiger partial charge in [0.25, 0.3) is 0 Å². The van der Waals surface area contributed by atoms with E-state index in [2.05, 4.69) is 24.1 Å². The zero-order valence-corrected chi connectivity index (χ0v) is 11.0. The van der Waals surface area contributed by atoms with Crippen molar-refractivity contribution in [2.24, 2.45) is 11.8 Å². The van der Waals surface area contributed by atoms with E-state index in [0.717, 1.165) is 17.9 Å². The summed E-state index contributed by atoms with van der Waals surface area (Å²) in [7, 11) is 0. The molecular formula is C14H28N2. The van der Waals surface area contributed by atoms with Gasteiger partial charge in [-0.05, 0) is 51.1 Å². The molecular weight excluding hydrogens is 196 g/mol. The van der Waals surface area contributed by atoms with E-state index in [0.29, 0.717) is 0 Å². The highest BCUT2D eigenvalue weighted by Gasteiger charge is 2.23. The molecule has 2 heteroatoms. The van der Waals surface area contributed by atoms with E-state index in [9.17, 15) is 0 Å². The SMILES string of the molecule is CC1CCN(CCNC(C)CC2CC2)CC1. The zero-order chi connectivity index (χ0) is 11.4. The molecule has 2 aliphatic rings. The minimum absolute atomic E-state index is 0.733. The molecule has 16 heavy (non-hydrogen) atoms. The predicted octanol–water partition coefficient (Wildman–Crippen LogP) is 2.50. The molecule has 0 aromatic heterocycles. The maximum Gasteiger partial charge on any atom is 0.0107 e. The van der Waals surface area contributed by atoms with Crippen LogP contribution in [0.15, 0.2) is 0 Å². The first-order valence-electron chi connectivity index (χ1n) is 7.20. The lowest BCUT2D eigenvalue weighted by Gasteiger charge is -2.30. The minimum atomic E-state index is 0.733. The van der Waals surface area contributed by atoms with E-state index < -0.39 is 0 Å². The Hall–Kier alpha value is -0.0800. The van der Waals surface area contributed by atoms with E-state index >= 15 is 0 Å². The van der Waals surface area contributed by atoms with E-state index in [4.69, 9.17) is 0 Å². The summed E-state index contributed by atoms with van der Waals surface area (Å²) in [5, 5.41) is 3.67. The van der Waals surface area contributed by atoms with Crippen LogP contribution < -0.4 is 5.32 Å². The summed E-state index contributed by atoms with van der Waals surface area (Å²) in [6, 6.07) is 0.733. The molecule has 0 spiro atoms. The number of hydrogen-bond donors (Lipinski definition) is 1. The fourth-order valence-electron chi connectivity index (χ4n) is 2.69. The smallest absolute Gasteiger partial charge is 0.0107 e. The topological polar surface area (TPSA) is 15.3 Å². The third kappa shape index (κ3) is 4.42. The van der Waals surface area contributed by atoms with E-state index in [1.807, 2.05) is 0 Å². The van der Waals surface area contributed by atoms with Crippen molar-refractivity contribution in [3.8, 4) is 0 Å². The Kier molecular flexibility index (Phi) is 4.66. The van der Waals surface area contributed by atoms with Crippen LogP contribution in [-0.2, 0) is 0 Å². The molecule has 94 valence electrons. The molecule has 2 rings (SSSR count). The molecule has 1 atom stereocenters. The summed E-state index contributed by atoms with van der Waals surface area (Å²) in [6.07, 6.45) is 7.17. The van der Waals surface area contributed by atoms with Gasteiger partial charge in [-0.25, -0.2) is 0 Å². The molecule has 0 aromatic rings. The van der Waals surface area contributed by atoms with Gasteiger partial charge in [0, 0.05) is 19.1 Å². The molecule has 1 aliphatic heterocycles. The van der Waals surface area contributed by atoms with Crippen LogP contribution in [-0.4, -0.2) is 37.1 Å². The molecule has 0 aromatic carbocycles. The monoisotopic (exact) mass is 224 g/mol. The molecule has 2 nitrogen and oxygen atoms in total. The Bertz CT molecular complexity index is 193. The number of likely N-dealkylation sites (tertiary alicyclic amines) is 1. The van der Waals surface area contributed by atoms with Gasteiger partial charge in [-0.15, -0.1) is 0 Å². The highest BCUT2D eigenvalue weighted by Crippen LogP contribution is 2.33. The fraction of sp³-hybridized carbons (Fsp3) is 1.00. The van der Waals surface area contributed by atoms with Crippen molar-refractivity contribution in [2.75, 3.05) is 26.2 Å². The van der Waals surface area contributed by atoms with Crippen LogP contribution in [0.1, 0.15) is 46.0 Å². The van der Waals surface area contributed by atoms with Crippen LogP contribution in [0.2, 0.25) is 0 Å². The molecule has 0 bridgehead atoms. The number of nitrogens with one attached hydrogen (secondary N) is 1. The van der Waals surface area contributed by atoms with Crippen molar-refractivity contribution in [3.05, 3.63) is 0 Å². The molecule has 1 saturated carbocycles. The Morgan fingerprint density at radius 2 is 1.88 bits per heavy atom. The van der Waals surface area contributed by atoms with Crippen LogP contribution in [0.5, 0.6) is 0 Å². The Morgan fingerprint density at radius 1 is 1.19 bits per heavy atom. The van der Waals surface area contributed by atoms with Crippen molar-refractivity contribution in [2.45, 2.75) is 52.0 Å². The first kappa shape index (κ1) is 12.4. The predicted molar refractivity (Wildman–Crippen MR) is 69.6 cm³/mol. The Balaban J connectivity index is 1.50. The quantitative estimate of drug-likeness (QED) is 0.746. The highest BCUT2D eigenvalue weighted by molar-refractivity contribution is 4.78. The molecule has 1 unspecified atom stereocenters. The van der Waals surface area contributed by atoms with E-state index in [1.54, 1.807) is 0 Å². The highest BCUT2D eigenvalue weighted by atomic mass is 15.1. The number of hydrogen-bond acceptors (Lipinski definition) is 2. The summed E-state index contributed by atoms with van der Waals surface area (Å²) >= 11 is 0. The molecule has 1 N–H and O–H groups in total. The van der Waals surface area contributed by atoms with Crippen LogP contribution in [0.25, 0.3) is 0 Å². The van der Waals surface area contributed by atoms with Crippen molar-refractivity contribution in [1.82, 2.24) is 10.2 Å². The maximum atomic E-state index is 3.67. The van der Waals surface area contributed by atoms with Crippen molar-refractivity contribution >= 4 is 0 Å². The molecule has 1 heterocycles. The van der Waals surface area contributed by atoms with Gasteiger partial charge in [0.15, 0.2) is 0 Å². The van der Waals surface area contributed by atoms with Crippen LogP contribution in [0, 0.1) is 11.8 Å². The Labute approximate surface area is 101 Å². The second-order valence-corrected chi connectivity index (χ2v) is 6.06. The largest absolute Gasteiger partial charge is 0.313 e. The average molecular weight is 224 g/mol. The molecule has 0 amide bonds. The summed E-state index contributed by atoms with van der Waals surface area (Å²) in [5.41, 5.74) is 0. The lowest BCUT2D eigenvalue weighted by molar-refractivity contribution is 0.191. The summed E-state index contributed by atoms with van der Waals surface area (Å²) in [4.78, 5) is 2.62. The third-order valence-corrected chi connectivity index (χ3v) is 4.18. The Morgan fingerprint density at radius 3 is 2.50 bits per heavy atom. The van der Waals surface area contributed by atoms with Crippen LogP contribution in [0.4, 0.5) is 0 Å². The number of rotatable bonds is 6. The van der Waals surface area contributed by atoms with Gasteiger partial charge < -0.3 is 10.2 Å². The number of nitrogens with zero attached hydrogens (tertiary/aromatic N) is 1. The molecule has 2 fully saturated rings. The van der Waals surface area contributed by atoms with Crippen molar-refractivity contribution in [1.29, 1.82) is 0 Å². The summed E-state index contributed by atoms with van der Waals surface area (Å²) in [5.74, 6) is 2.01. The lowest BCUT2D eigenvalue weighted by Crippen LogP contribution is -2.39. The fourth-order valence-corrected chi connectivity index (χ4v) is 2.69. The average Bonchev–Trinajstić information content (AvgIpc) is 3.05.